The van der Waals surface area contributed by atoms with Gasteiger partial charge in [-0.3, -0.25) is 4.79 Å². The van der Waals surface area contributed by atoms with E-state index < -0.39 is 17.9 Å². The van der Waals surface area contributed by atoms with Crippen LogP contribution < -0.4 is 11.2 Å². The summed E-state index contributed by atoms with van der Waals surface area (Å²) >= 11 is 6.36. The van der Waals surface area contributed by atoms with Crippen molar-refractivity contribution in [2.24, 2.45) is 0 Å². The molecule has 0 spiro atoms. The molecular weight excluding hydrogens is 391 g/mol. The fraction of sp³-hybridized carbons (Fsp3) is 0.0435. The molecule has 0 saturated heterocycles. The van der Waals surface area contributed by atoms with Gasteiger partial charge in [0.25, 0.3) is 5.56 Å². The maximum atomic E-state index is 13.0. The van der Waals surface area contributed by atoms with Gasteiger partial charge in [0.1, 0.15) is 6.67 Å². The van der Waals surface area contributed by atoms with Crippen LogP contribution in [0, 0.1) is 11.8 Å². The standard InChI is InChI=1S/C23H14ClFN2O2/c24-19-13-16(7-6-15-4-2-1-3-5-15)9-11-21(19)27-22(28)18-12-17(14-25)8-10-20(18)26-23(27)29/h1-5,8-13H,14H2,(H,26,29). The van der Waals surface area contributed by atoms with Crippen LogP contribution in [0.25, 0.3) is 16.6 Å². The molecular formula is C23H14ClFN2O2. The molecule has 29 heavy (non-hydrogen) atoms. The number of alkyl halides is 1. The lowest BCUT2D eigenvalue weighted by atomic mass is 10.1. The number of H-pyrrole nitrogens is 1. The zero-order valence-corrected chi connectivity index (χ0v) is 15.8. The predicted molar refractivity (Wildman–Crippen MR) is 112 cm³/mol. The van der Waals surface area contributed by atoms with E-state index in [1.807, 2.05) is 30.3 Å². The summed E-state index contributed by atoms with van der Waals surface area (Å²) in [7, 11) is 0. The summed E-state index contributed by atoms with van der Waals surface area (Å²) in [5.74, 6) is 6.03. The Morgan fingerprint density at radius 3 is 2.41 bits per heavy atom. The van der Waals surface area contributed by atoms with Crippen molar-refractivity contribution in [2.45, 2.75) is 6.67 Å². The molecule has 1 aromatic heterocycles. The van der Waals surface area contributed by atoms with Crippen molar-refractivity contribution in [3.8, 4) is 17.5 Å². The van der Waals surface area contributed by atoms with E-state index in [2.05, 4.69) is 16.8 Å². The molecule has 1 heterocycles. The van der Waals surface area contributed by atoms with Crippen molar-refractivity contribution >= 4 is 22.5 Å². The molecule has 0 aliphatic carbocycles. The van der Waals surface area contributed by atoms with E-state index >= 15 is 0 Å². The van der Waals surface area contributed by atoms with Gasteiger partial charge in [-0.15, -0.1) is 0 Å². The van der Waals surface area contributed by atoms with Crippen molar-refractivity contribution in [1.29, 1.82) is 0 Å². The first kappa shape index (κ1) is 18.7. The molecule has 3 aromatic carbocycles. The average Bonchev–Trinajstić information content (AvgIpc) is 2.74. The minimum atomic E-state index is -0.704. The molecule has 4 rings (SSSR count). The minimum Gasteiger partial charge on any atom is -0.306 e. The number of benzene rings is 3. The van der Waals surface area contributed by atoms with E-state index in [0.29, 0.717) is 16.6 Å². The predicted octanol–water partition coefficient (Wildman–Crippen LogP) is 4.20. The van der Waals surface area contributed by atoms with Crippen LogP contribution >= 0.6 is 11.6 Å². The summed E-state index contributed by atoms with van der Waals surface area (Å²) in [5, 5.41) is 0.419. The number of nitrogens with one attached hydrogen (secondary N) is 1. The third kappa shape index (κ3) is 3.71. The van der Waals surface area contributed by atoms with Crippen LogP contribution in [0.1, 0.15) is 16.7 Å². The third-order valence-electron chi connectivity index (χ3n) is 4.43. The highest BCUT2D eigenvalue weighted by atomic mass is 35.5. The lowest BCUT2D eigenvalue weighted by molar-refractivity contribution is 0.485. The molecule has 142 valence electrons. The van der Waals surface area contributed by atoms with Crippen molar-refractivity contribution < 1.29 is 4.39 Å². The Labute approximate surface area is 170 Å². The van der Waals surface area contributed by atoms with Crippen LogP contribution in [0.4, 0.5) is 4.39 Å². The van der Waals surface area contributed by atoms with E-state index in [-0.39, 0.29) is 16.1 Å². The van der Waals surface area contributed by atoms with Gasteiger partial charge in [-0.1, -0.05) is 47.7 Å². The quantitative estimate of drug-likeness (QED) is 0.509. The fourth-order valence-corrected chi connectivity index (χ4v) is 3.26. The summed E-state index contributed by atoms with van der Waals surface area (Å²) < 4.78 is 13.9. The van der Waals surface area contributed by atoms with Gasteiger partial charge < -0.3 is 4.98 Å². The van der Waals surface area contributed by atoms with Crippen molar-refractivity contribution in [3.63, 3.8) is 0 Å². The number of hydrogen-bond donors (Lipinski definition) is 1. The number of rotatable bonds is 2. The molecule has 4 nitrogen and oxygen atoms in total. The largest absolute Gasteiger partial charge is 0.333 e. The first-order valence-corrected chi connectivity index (χ1v) is 9.15. The molecule has 0 bridgehead atoms. The Balaban J connectivity index is 1.81. The van der Waals surface area contributed by atoms with Crippen LogP contribution in [-0.4, -0.2) is 9.55 Å². The Morgan fingerprint density at radius 1 is 0.931 bits per heavy atom. The summed E-state index contributed by atoms with van der Waals surface area (Å²) in [6.45, 7) is -0.704. The maximum Gasteiger partial charge on any atom is 0.333 e. The second-order valence-electron chi connectivity index (χ2n) is 6.37. The number of aromatic amines is 1. The van der Waals surface area contributed by atoms with Crippen LogP contribution in [0.2, 0.25) is 5.02 Å². The maximum absolute atomic E-state index is 13.0. The van der Waals surface area contributed by atoms with Gasteiger partial charge in [0.05, 0.1) is 21.6 Å². The van der Waals surface area contributed by atoms with Crippen LogP contribution in [0.3, 0.4) is 0 Å². The van der Waals surface area contributed by atoms with Crippen LogP contribution in [0.5, 0.6) is 0 Å². The number of fused-ring (bicyclic) bond motifs is 1. The van der Waals surface area contributed by atoms with Crippen molar-refractivity contribution in [1.82, 2.24) is 9.55 Å². The molecule has 0 atom stereocenters. The van der Waals surface area contributed by atoms with Crippen LogP contribution in [-0.2, 0) is 6.67 Å². The highest BCUT2D eigenvalue weighted by Crippen LogP contribution is 2.20. The molecule has 0 aliphatic heterocycles. The van der Waals surface area contributed by atoms with E-state index in [1.165, 1.54) is 18.2 Å². The van der Waals surface area contributed by atoms with Gasteiger partial charge in [0.15, 0.2) is 0 Å². The first-order valence-electron chi connectivity index (χ1n) is 8.78. The second kappa shape index (κ2) is 7.78. The average molecular weight is 405 g/mol. The SMILES string of the molecule is O=c1[nH]c2ccc(CF)cc2c(=O)n1-c1ccc(C#Cc2ccccc2)cc1Cl. The van der Waals surface area contributed by atoms with Crippen molar-refractivity contribution in [3.05, 3.63) is 109 Å². The molecule has 0 fully saturated rings. The van der Waals surface area contributed by atoms with Gasteiger partial charge in [0, 0.05) is 11.1 Å². The fourth-order valence-electron chi connectivity index (χ4n) is 2.99. The van der Waals surface area contributed by atoms with E-state index in [1.54, 1.807) is 18.2 Å². The van der Waals surface area contributed by atoms with Crippen molar-refractivity contribution in [2.75, 3.05) is 0 Å². The molecule has 0 saturated carbocycles. The molecule has 0 radical (unpaired) electrons. The molecule has 4 aromatic rings. The molecule has 6 heteroatoms. The Kier molecular flexibility index (Phi) is 5.03. The minimum absolute atomic E-state index is 0.207. The molecule has 1 N–H and O–H groups in total. The lowest BCUT2D eigenvalue weighted by Crippen LogP contribution is -2.33. The zero-order valence-electron chi connectivity index (χ0n) is 15.1. The highest BCUT2D eigenvalue weighted by Gasteiger charge is 2.13. The zero-order chi connectivity index (χ0) is 20.4. The first-order chi connectivity index (χ1) is 14.1. The molecule has 0 aliphatic rings. The topological polar surface area (TPSA) is 54.9 Å². The Bertz CT molecular complexity index is 1400. The molecule has 0 unspecified atom stereocenters. The van der Waals surface area contributed by atoms with Gasteiger partial charge in [0.2, 0.25) is 0 Å². The normalized spacial score (nSPS) is 10.6. The van der Waals surface area contributed by atoms with Gasteiger partial charge in [-0.05, 0) is 48.0 Å². The molecule has 0 amide bonds. The summed E-state index contributed by atoms with van der Waals surface area (Å²) in [5.41, 5.74) is 1.24. The van der Waals surface area contributed by atoms with Gasteiger partial charge in [-0.25, -0.2) is 13.8 Å². The van der Waals surface area contributed by atoms with E-state index in [9.17, 15) is 14.0 Å². The summed E-state index contributed by atoms with van der Waals surface area (Å²) in [6.07, 6.45) is 0. The van der Waals surface area contributed by atoms with Crippen LogP contribution in [0.15, 0.2) is 76.3 Å². The van der Waals surface area contributed by atoms with Gasteiger partial charge >= 0.3 is 5.69 Å². The monoisotopic (exact) mass is 404 g/mol. The van der Waals surface area contributed by atoms with Gasteiger partial charge in [-0.2, -0.15) is 0 Å². The smallest absolute Gasteiger partial charge is 0.306 e. The number of nitrogens with zero attached hydrogens (tertiary/aromatic N) is 1. The summed E-state index contributed by atoms with van der Waals surface area (Å²) in [4.78, 5) is 28.0. The Hall–Kier alpha value is -3.62. The third-order valence-corrected chi connectivity index (χ3v) is 4.73. The van der Waals surface area contributed by atoms with E-state index in [4.69, 9.17) is 11.6 Å². The second-order valence-corrected chi connectivity index (χ2v) is 6.77. The Morgan fingerprint density at radius 2 is 1.69 bits per heavy atom. The number of halogens is 2. The number of hydrogen-bond acceptors (Lipinski definition) is 2. The van der Waals surface area contributed by atoms with E-state index in [0.717, 1.165) is 10.1 Å². The highest BCUT2D eigenvalue weighted by molar-refractivity contribution is 6.32. The summed E-state index contributed by atoms with van der Waals surface area (Å²) in [6, 6.07) is 18.8. The lowest BCUT2D eigenvalue weighted by Gasteiger charge is -2.09. The number of aromatic nitrogens is 2.